The molecular weight excluding hydrogens is 200 g/mol. The first-order valence-corrected chi connectivity index (χ1v) is 4.74. The van der Waals surface area contributed by atoms with Crippen LogP contribution in [-0.2, 0) is 6.54 Å². The fraction of sp³-hybridized carbons (Fsp3) is 0.455. The van der Waals surface area contributed by atoms with Gasteiger partial charge in [-0.1, -0.05) is 0 Å². The SMILES string of the molecule is CC(C)(CO)NCc1cc(F)ccc1F. The lowest BCUT2D eigenvalue weighted by Crippen LogP contribution is -2.42. The van der Waals surface area contributed by atoms with E-state index in [1.165, 1.54) is 0 Å². The van der Waals surface area contributed by atoms with Crippen LogP contribution >= 0.6 is 0 Å². The molecule has 4 heteroatoms. The van der Waals surface area contributed by atoms with E-state index in [9.17, 15) is 8.78 Å². The first-order chi connectivity index (χ1) is 6.94. The molecule has 0 bridgehead atoms. The predicted molar refractivity (Wildman–Crippen MR) is 54.4 cm³/mol. The summed E-state index contributed by atoms with van der Waals surface area (Å²) < 4.78 is 26.0. The summed E-state index contributed by atoms with van der Waals surface area (Å²) >= 11 is 0. The maximum Gasteiger partial charge on any atom is 0.127 e. The zero-order valence-corrected chi connectivity index (χ0v) is 8.85. The van der Waals surface area contributed by atoms with E-state index in [-0.39, 0.29) is 18.7 Å². The van der Waals surface area contributed by atoms with Crippen LogP contribution in [0.1, 0.15) is 19.4 Å². The topological polar surface area (TPSA) is 32.3 Å². The van der Waals surface area contributed by atoms with Gasteiger partial charge in [0.2, 0.25) is 0 Å². The standard InChI is InChI=1S/C11H15F2NO/c1-11(2,7-15)14-6-8-5-9(12)3-4-10(8)13/h3-5,14-15H,6-7H2,1-2H3. The molecule has 2 nitrogen and oxygen atoms in total. The fourth-order valence-electron chi connectivity index (χ4n) is 1.07. The Morgan fingerprint density at radius 2 is 2.00 bits per heavy atom. The summed E-state index contributed by atoms with van der Waals surface area (Å²) in [4.78, 5) is 0. The van der Waals surface area contributed by atoms with Crippen molar-refractivity contribution in [2.75, 3.05) is 6.61 Å². The van der Waals surface area contributed by atoms with Crippen molar-refractivity contribution in [1.82, 2.24) is 5.32 Å². The monoisotopic (exact) mass is 215 g/mol. The second-order valence-electron chi connectivity index (χ2n) is 4.13. The van der Waals surface area contributed by atoms with Crippen LogP contribution in [0.3, 0.4) is 0 Å². The normalized spacial score (nSPS) is 11.8. The summed E-state index contributed by atoms with van der Waals surface area (Å²) in [5, 5.41) is 11.9. The molecule has 0 saturated heterocycles. The molecule has 0 radical (unpaired) electrons. The van der Waals surface area contributed by atoms with Gasteiger partial charge in [-0.15, -0.1) is 0 Å². The van der Waals surface area contributed by atoms with E-state index in [2.05, 4.69) is 5.32 Å². The van der Waals surface area contributed by atoms with Crippen molar-refractivity contribution in [3.8, 4) is 0 Å². The van der Waals surface area contributed by atoms with E-state index < -0.39 is 17.2 Å². The van der Waals surface area contributed by atoms with Crippen molar-refractivity contribution in [2.24, 2.45) is 0 Å². The maximum absolute atomic E-state index is 13.2. The number of hydrogen-bond acceptors (Lipinski definition) is 2. The number of aliphatic hydroxyl groups excluding tert-OH is 1. The summed E-state index contributed by atoms with van der Waals surface area (Å²) in [6, 6.07) is 3.32. The molecule has 0 aliphatic rings. The molecule has 1 aromatic carbocycles. The van der Waals surface area contributed by atoms with E-state index in [0.29, 0.717) is 0 Å². The zero-order valence-electron chi connectivity index (χ0n) is 8.85. The van der Waals surface area contributed by atoms with E-state index in [1.807, 2.05) is 0 Å². The van der Waals surface area contributed by atoms with Gasteiger partial charge in [-0.25, -0.2) is 8.78 Å². The molecule has 15 heavy (non-hydrogen) atoms. The molecule has 2 N–H and O–H groups in total. The molecule has 0 heterocycles. The largest absolute Gasteiger partial charge is 0.394 e. The Kier molecular flexibility index (Phi) is 3.77. The van der Waals surface area contributed by atoms with Crippen molar-refractivity contribution in [3.05, 3.63) is 35.4 Å². The summed E-state index contributed by atoms with van der Waals surface area (Å²) in [6.45, 7) is 3.69. The Balaban J connectivity index is 2.69. The number of benzene rings is 1. The van der Waals surface area contributed by atoms with Gasteiger partial charge in [0.1, 0.15) is 11.6 Å². The number of hydrogen-bond donors (Lipinski definition) is 2. The van der Waals surface area contributed by atoms with Gasteiger partial charge < -0.3 is 10.4 Å². The lowest BCUT2D eigenvalue weighted by molar-refractivity contribution is 0.187. The lowest BCUT2D eigenvalue weighted by atomic mass is 10.1. The van der Waals surface area contributed by atoms with Crippen molar-refractivity contribution in [3.63, 3.8) is 0 Å². The molecule has 0 amide bonds. The Morgan fingerprint density at radius 3 is 2.60 bits per heavy atom. The summed E-state index contributed by atoms with van der Waals surface area (Å²) in [6.07, 6.45) is 0. The van der Waals surface area contributed by atoms with Crippen molar-refractivity contribution >= 4 is 0 Å². The first-order valence-electron chi connectivity index (χ1n) is 4.74. The van der Waals surface area contributed by atoms with Gasteiger partial charge in [0.05, 0.1) is 6.61 Å². The molecule has 0 unspecified atom stereocenters. The summed E-state index contributed by atoms with van der Waals surface area (Å²) in [7, 11) is 0. The minimum atomic E-state index is -0.501. The average Bonchev–Trinajstić information content (AvgIpc) is 2.20. The highest BCUT2D eigenvalue weighted by Gasteiger charge is 2.15. The third-order valence-electron chi connectivity index (χ3n) is 2.16. The van der Waals surface area contributed by atoms with Crippen molar-refractivity contribution in [1.29, 1.82) is 0 Å². The van der Waals surface area contributed by atoms with Crippen LogP contribution in [0.4, 0.5) is 8.78 Å². The number of nitrogens with one attached hydrogen (secondary N) is 1. The van der Waals surface area contributed by atoms with Gasteiger partial charge in [0, 0.05) is 17.6 Å². The molecule has 0 saturated carbocycles. The van der Waals surface area contributed by atoms with E-state index in [1.54, 1.807) is 13.8 Å². The molecule has 0 spiro atoms. The lowest BCUT2D eigenvalue weighted by Gasteiger charge is -2.23. The van der Waals surface area contributed by atoms with Crippen molar-refractivity contribution in [2.45, 2.75) is 25.9 Å². The predicted octanol–water partition coefficient (Wildman–Crippen LogP) is 1.83. The molecule has 0 aromatic heterocycles. The smallest absolute Gasteiger partial charge is 0.127 e. The van der Waals surface area contributed by atoms with Gasteiger partial charge in [0.15, 0.2) is 0 Å². The van der Waals surface area contributed by atoms with Gasteiger partial charge in [0.25, 0.3) is 0 Å². The highest BCUT2D eigenvalue weighted by Crippen LogP contribution is 2.11. The molecule has 0 atom stereocenters. The highest BCUT2D eigenvalue weighted by molar-refractivity contribution is 5.18. The van der Waals surface area contributed by atoms with Gasteiger partial charge in [-0.05, 0) is 32.0 Å². The van der Waals surface area contributed by atoms with Gasteiger partial charge in [-0.3, -0.25) is 0 Å². The Bertz CT molecular complexity index is 339. The summed E-state index contributed by atoms with van der Waals surface area (Å²) in [5.74, 6) is -0.910. The minimum Gasteiger partial charge on any atom is -0.394 e. The number of rotatable bonds is 4. The van der Waals surface area contributed by atoms with Crippen LogP contribution in [0.2, 0.25) is 0 Å². The third kappa shape index (κ3) is 3.57. The highest BCUT2D eigenvalue weighted by atomic mass is 19.1. The number of aliphatic hydroxyl groups is 1. The maximum atomic E-state index is 13.2. The minimum absolute atomic E-state index is 0.0655. The molecule has 1 aromatic rings. The van der Waals surface area contributed by atoms with Crippen LogP contribution < -0.4 is 5.32 Å². The molecule has 0 aliphatic carbocycles. The van der Waals surface area contributed by atoms with Gasteiger partial charge in [-0.2, -0.15) is 0 Å². The third-order valence-corrected chi connectivity index (χ3v) is 2.16. The molecule has 0 fully saturated rings. The fourth-order valence-corrected chi connectivity index (χ4v) is 1.07. The molecule has 0 aliphatic heterocycles. The van der Waals surface area contributed by atoms with E-state index >= 15 is 0 Å². The van der Waals surface area contributed by atoms with Crippen LogP contribution in [0.15, 0.2) is 18.2 Å². The quantitative estimate of drug-likeness (QED) is 0.803. The Labute approximate surface area is 87.9 Å². The van der Waals surface area contributed by atoms with Crippen molar-refractivity contribution < 1.29 is 13.9 Å². The first kappa shape index (κ1) is 12.1. The average molecular weight is 215 g/mol. The van der Waals surface area contributed by atoms with Crippen LogP contribution in [-0.4, -0.2) is 17.3 Å². The van der Waals surface area contributed by atoms with Crippen LogP contribution in [0.5, 0.6) is 0 Å². The second-order valence-corrected chi connectivity index (χ2v) is 4.13. The van der Waals surface area contributed by atoms with E-state index in [4.69, 9.17) is 5.11 Å². The molecule has 1 rings (SSSR count). The summed E-state index contributed by atoms with van der Waals surface area (Å²) in [5.41, 5.74) is -0.241. The Hall–Kier alpha value is -1.00. The van der Waals surface area contributed by atoms with Crippen LogP contribution in [0, 0.1) is 11.6 Å². The zero-order chi connectivity index (χ0) is 11.5. The number of halogens is 2. The molecule has 84 valence electrons. The van der Waals surface area contributed by atoms with Crippen LogP contribution in [0.25, 0.3) is 0 Å². The second kappa shape index (κ2) is 4.68. The van der Waals surface area contributed by atoms with Gasteiger partial charge >= 0.3 is 0 Å². The van der Waals surface area contributed by atoms with E-state index in [0.717, 1.165) is 18.2 Å². The Morgan fingerprint density at radius 1 is 1.33 bits per heavy atom. The molecular formula is C11H15F2NO.